The Morgan fingerprint density at radius 1 is 1.12 bits per heavy atom. The highest BCUT2D eigenvalue weighted by atomic mass is 15.1. The van der Waals surface area contributed by atoms with E-state index in [-0.39, 0.29) is 0 Å². The van der Waals surface area contributed by atoms with Crippen LogP contribution >= 0.6 is 0 Å². The largest absolute Gasteiger partial charge is 0.372 e. The van der Waals surface area contributed by atoms with Crippen LogP contribution in [0.1, 0.15) is 32.8 Å². The summed E-state index contributed by atoms with van der Waals surface area (Å²) in [5, 5.41) is 3.40. The first-order valence-electron chi connectivity index (χ1n) is 6.37. The summed E-state index contributed by atoms with van der Waals surface area (Å²) in [6.45, 7) is 10.8. The summed E-state index contributed by atoms with van der Waals surface area (Å²) < 4.78 is 0. The molecular formula is C14H24N2. The van der Waals surface area contributed by atoms with E-state index in [0.717, 1.165) is 26.2 Å². The maximum Gasteiger partial charge on any atom is 0.0411 e. The summed E-state index contributed by atoms with van der Waals surface area (Å²) in [5.74, 6) is 0. The van der Waals surface area contributed by atoms with Crippen molar-refractivity contribution >= 4 is 5.69 Å². The lowest BCUT2D eigenvalue weighted by Crippen LogP contribution is -2.25. The third kappa shape index (κ3) is 3.53. The molecule has 2 nitrogen and oxygen atoms in total. The molecule has 0 aromatic heterocycles. The summed E-state index contributed by atoms with van der Waals surface area (Å²) in [5.41, 5.74) is 2.78. The van der Waals surface area contributed by atoms with E-state index in [4.69, 9.17) is 0 Å². The van der Waals surface area contributed by atoms with Crippen LogP contribution in [0.3, 0.4) is 0 Å². The summed E-state index contributed by atoms with van der Waals surface area (Å²) in [6, 6.07) is 8.70. The van der Waals surface area contributed by atoms with Gasteiger partial charge < -0.3 is 10.2 Å². The molecule has 1 rings (SSSR count). The molecule has 0 heterocycles. The summed E-state index contributed by atoms with van der Waals surface area (Å²) >= 11 is 0. The number of rotatable bonds is 7. The van der Waals surface area contributed by atoms with E-state index in [2.05, 4.69) is 55.3 Å². The average molecular weight is 220 g/mol. The van der Waals surface area contributed by atoms with Gasteiger partial charge in [-0.2, -0.15) is 0 Å². The fourth-order valence-electron chi connectivity index (χ4n) is 1.95. The molecule has 0 aliphatic rings. The summed E-state index contributed by atoms with van der Waals surface area (Å²) in [7, 11) is 0. The third-order valence-corrected chi connectivity index (χ3v) is 2.77. The Morgan fingerprint density at radius 2 is 1.88 bits per heavy atom. The van der Waals surface area contributed by atoms with E-state index >= 15 is 0 Å². The van der Waals surface area contributed by atoms with Gasteiger partial charge >= 0.3 is 0 Å². The van der Waals surface area contributed by atoms with E-state index < -0.39 is 0 Å². The molecule has 1 N–H and O–H groups in total. The highest BCUT2D eigenvalue weighted by Gasteiger charge is 2.07. The Labute approximate surface area is 99.7 Å². The molecule has 0 spiro atoms. The smallest absolute Gasteiger partial charge is 0.0411 e. The maximum atomic E-state index is 3.40. The lowest BCUT2D eigenvalue weighted by Gasteiger charge is -2.25. The van der Waals surface area contributed by atoms with Crippen LogP contribution in [0.25, 0.3) is 0 Å². The van der Waals surface area contributed by atoms with Gasteiger partial charge in [0.25, 0.3) is 0 Å². The van der Waals surface area contributed by atoms with Gasteiger partial charge in [0.2, 0.25) is 0 Å². The zero-order valence-electron chi connectivity index (χ0n) is 10.8. The second-order valence-corrected chi connectivity index (χ2v) is 3.99. The standard InChI is InChI=1S/C14H24N2/c1-4-11-16(6-3)14-10-8-7-9-13(14)12-15-5-2/h7-10,15H,4-6,11-12H2,1-3H3. The molecule has 0 unspecified atom stereocenters. The van der Waals surface area contributed by atoms with Crippen molar-refractivity contribution < 1.29 is 0 Å². The number of hydrogen-bond donors (Lipinski definition) is 1. The molecule has 0 bridgehead atoms. The van der Waals surface area contributed by atoms with E-state index in [1.165, 1.54) is 17.7 Å². The van der Waals surface area contributed by atoms with Gasteiger partial charge in [-0.05, 0) is 31.5 Å². The van der Waals surface area contributed by atoms with Crippen molar-refractivity contribution in [3.8, 4) is 0 Å². The number of anilines is 1. The molecule has 1 aromatic rings. The molecule has 1 aromatic carbocycles. The molecule has 0 radical (unpaired) electrons. The van der Waals surface area contributed by atoms with Gasteiger partial charge in [-0.3, -0.25) is 0 Å². The molecule has 2 heteroatoms. The highest BCUT2D eigenvalue weighted by Crippen LogP contribution is 2.20. The van der Waals surface area contributed by atoms with Crippen molar-refractivity contribution in [2.45, 2.75) is 33.7 Å². The van der Waals surface area contributed by atoms with Crippen molar-refractivity contribution in [3.63, 3.8) is 0 Å². The van der Waals surface area contributed by atoms with E-state index in [0.29, 0.717) is 0 Å². The normalized spacial score (nSPS) is 10.4. The Hall–Kier alpha value is -1.02. The van der Waals surface area contributed by atoms with Crippen molar-refractivity contribution in [3.05, 3.63) is 29.8 Å². The molecule has 16 heavy (non-hydrogen) atoms. The molecule has 0 amide bonds. The summed E-state index contributed by atoms with van der Waals surface area (Å²) in [4.78, 5) is 2.45. The van der Waals surface area contributed by atoms with Gasteiger partial charge in [0.15, 0.2) is 0 Å². The lowest BCUT2D eigenvalue weighted by atomic mass is 10.1. The SMILES string of the molecule is CCCN(CC)c1ccccc1CNCC. The molecule has 0 aliphatic carbocycles. The van der Waals surface area contributed by atoms with Crippen LogP contribution in [-0.4, -0.2) is 19.6 Å². The Morgan fingerprint density at radius 3 is 2.50 bits per heavy atom. The van der Waals surface area contributed by atoms with Gasteiger partial charge in [0, 0.05) is 25.3 Å². The first-order chi connectivity index (χ1) is 7.83. The van der Waals surface area contributed by atoms with E-state index in [9.17, 15) is 0 Å². The van der Waals surface area contributed by atoms with Gasteiger partial charge in [0.1, 0.15) is 0 Å². The maximum absolute atomic E-state index is 3.40. The number of benzene rings is 1. The zero-order valence-corrected chi connectivity index (χ0v) is 10.8. The molecular weight excluding hydrogens is 196 g/mol. The van der Waals surface area contributed by atoms with Gasteiger partial charge in [-0.15, -0.1) is 0 Å². The number of nitrogens with zero attached hydrogens (tertiary/aromatic N) is 1. The Kier molecular flexibility index (Phi) is 5.94. The number of para-hydroxylation sites is 1. The molecule has 0 aliphatic heterocycles. The summed E-state index contributed by atoms with van der Waals surface area (Å²) in [6.07, 6.45) is 1.20. The monoisotopic (exact) mass is 220 g/mol. The first-order valence-corrected chi connectivity index (χ1v) is 6.37. The average Bonchev–Trinajstić information content (AvgIpc) is 2.34. The van der Waals surface area contributed by atoms with Gasteiger partial charge in [-0.25, -0.2) is 0 Å². The Bertz CT molecular complexity index is 297. The van der Waals surface area contributed by atoms with Crippen LogP contribution in [-0.2, 0) is 6.54 Å². The van der Waals surface area contributed by atoms with Crippen LogP contribution in [0.2, 0.25) is 0 Å². The highest BCUT2D eigenvalue weighted by molar-refractivity contribution is 5.53. The predicted molar refractivity (Wildman–Crippen MR) is 72.0 cm³/mol. The van der Waals surface area contributed by atoms with E-state index in [1.54, 1.807) is 0 Å². The lowest BCUT2D eigenvalue weighted by molar-refractivity contribution is 0.716. The first kappa shape index (κ1) is 13.0. The predicted octanol–water partition coefficient (Wildman–Crippen LogP) is 3.03. The van der Waals surface area contributed by atoms with Crippen molar-refractivity contribution in [1.82, 2.24) is 5.32 Å². The molecule has 0 atom stereocenters. The number of hydrogen-bond acceptors (Lipinski definition) is 2. The molecule has 0 saturated heterocycles. The van der Waals surface area contributed by atoms with E-state index in [1.807, 2.05) is 0 Å². The fourth-order valence-corrected chi connectivity index (χ4v) is 1.95. The van der Waals surface area contributed by atoms with Crippen LogP contribution < -0.4 is 10.2 Å². The minimum atomic E-state index is 0.965. The number of nitrogens with one attached hydrogen (secondary N) is 1. The fraction of sp³-hybridized carbons (Fsp3) is 0.571. The molecule has 0 saturated carbocycles. The van der Waals surface area contributed by atoms with Crippen LogP contribution in [0.4, 0.5) is 5.69 Å². The van der Waals surface area contributed by atoms with Gasteiger partial charge in [-0.1, -0.05) is 32.0 Å². The molecule has 90 valence electrons. The van der Waals surface area contributed by atoms with Crippen LogP contribution in [0.5, 0.6) is 0 Å². The zero-order chi connectivity index (χ0) is 11.8. The topological polar surface area (TPSA) is 15.3 Å². The quantitative estimate of drug-likeness (QED) is 0.760. The Balaban J connectivity index is 2.82. The second kappa shape index (κ2) is 7.29. The minimum absolute atomic E-state index is 0.965. The molecule has 0 fully saturated rings. The minimum Gasteiger partial charge on any atom is -0.372 e. The van der Waals surface area contributed by atoms with Crippen molar-refractivity contribution in [2.75, 3.05) is 24.5 Å². The van der Waals surface area contributed by atoms with Crippen molar-refractivity contribution in [2.24, 2.45) is 0 Å². The van der Waals surface area contributed by atoms with Gasteiger partial charge in [0.05, 0.1) is 0 Å². The van der Waals surface area contributed by atoms with Crippen LogP contribution in [0, 0.1) is 0 Å². The second-order valence-electron chi connectivity index (χ2n) is 3.99. The van der Waals surface area contributed by atoms with Crippen molar-refractivity contribution in [1.29, 1.82) is 0 Å². The third-order valence-electron chi connectivity index (χ3n) is 2.77. The van der Waals surface area contributed by atoms with Crippen LogP contribution in [0.15, 0.2) is 24.3 Å².